The molecule has 9 nitrogen and oxygen atoms in total. The Morgan fingerprint density at radius 3 is 2.81 bits per heavy atom. The summed E-state index contributed by atoms with van der Waals surface area (Å²) in [5.74, 6) is 0.602. The Balaban J connectivity index is 2.21. The van der Waals surface area contributed by atoms with Crippen LogP contribution in [0.2, 0.25) is 0 Å². The minimum absolute atomic E-state index is 0.107. The molecule has 2 aromatic rings. The Kier molecular flexibility index (Phi) is 4.63. The molecule has 0 aliphatic rings. The van der Waals surface area contributed by atoms with E-state index in [9.17, 15) is 4.79 Å². The van der Waals surface area contributed by atoms with Crippen LogP contribution in [0.15, 0.2) is 4.52 Å². The Bertz CT molecular complexity index is 618. The van der Waals surface area contributed by atoms with Crippen molar-refractivity contribution in [1.29, 1.82) is 0 Å². The molecule has 0 saturated heterocycles. The molecule has 0 fully saturated rings. The number of nitrogens with two attached hydrogens (primary N) is 1. The van der Waals surface area contributed by atoms with E-state index >= 15 is 0 Å². The van der Waals surface area contributed by atoms with Crippen LogP contribution in [0.4, 0.5) is 0 Å². The van der Waals surface area contributed by atoms with Gasteiger partial charge in [0.05, 0.1) is 12.3 Å². The van der Waals surface area contributed by atoms with Crippen LogP contribution in [0, 0.1) is 0 Å². The Morgan fingerprint density at radius 2 is 2.24 bits per heavy atom. The van der Waals surface area contributed by atoms with Crippen molar-refractivity contribution in [3.8, 4) is 0 Å². The largest absolute Gasteiger partial charge is 0.461 e. The van der Waals surface area contributed by atoms with Crippen molar-refractivity contribution >= 4 is 5.97 Å². The molecule has 114 valence electrons. The van der Waals surface area contributed by atoms with Crippen LogP contribution in [0.25, 0.3) is 0 Å². The van der Waals surface area contributed by atoms with E-state index in [0.717, 1.165) is 0 Å². The summed E-state index contributed by atoms with van der Waals surface area (Å²) in [5.41, 5.74) is 6.26. The molecule has 21 heavy (non-hydrogen) atoms. The van der Waals surface area contributed by atoms with Crippen molar-refractivity contribution in [3.05, 3.63) is 23.1 Å². The highest BCUT2D eigenvalue weighted by molar-refractivity contribution is 5.88. The van der Waals surface area contributed by atoms with Crippen molar-refractivity contribution in [2.24, 2.45) is 5.73 Å². The van der Waals surface area contributed by atoms with E-state index in [2.05, 4.69) is 20.5 Å². The summed E-state index contributed by atoms with van der Waals surface area (Å²) in [6.07, 6.45) is 0. The molecule has 2 rings (SSSR count). The first-order chi connectivity index (χ1) is 10.1. The fourth-order valence-electron chi connectivity index (χ4n) is 1.72. The van der Waals surface area contributed by atoms with E-state index in [0.29, 0.717) is 17.4 Å². The number of carbonyl (C=O) groups excluding carboxylic acids is 1. The van der Waals surface area contributed by atoms with Gasteiger partial charge in [-0.1, -0.05) is 24.2 Å². The van der Waals surface area contributed by atoms with E-state index in [1.165, 1.54) is 4.68 Å². The summed E-state index contributed by atoms with van der Waals surface area (Å²) in [4.78, 5) is 16.0. The predicted octanol–water partition coefficient (Wildman–Crippen LogP) is 0.468. The van der Waals surface area contributed by atoms with Gasteiger partial charge in [0, 0.05) is 12.5 Å². The summed E-state index contributed by atoms with van der Waals surface area (Å²) in [6, 6.07) is 0. The maximum atomic E-state index is 11.7. The fraction of sp³-hybridized carbons (Fsp3) is 0.583. The summed E-state index contributed by atoms with van der Waals surface area (Å²) in [7, 11) is 0. The molecular formula is C12H18N6O3. The summed E-state index contributed by atoms with van der Waals surface area (Å²) < 4.78 is 11.5. The maximum Gasteiger partial charge on any atom is 0.360 e. The highest BCUT2D eigenvalue weighted by Crippen LogP contribution is 2.13. The van der Waals surface area contributed by atoms with Gasteiger partial charge in [0.15, 0.2) is 11.5 Å². The van der Waals surface area contributed by atoms with Gasteiger partial charge in [0.2, 0.25) is 5.89 Å². The molecule has 0 aliphatic carbocycles. The monoisotopic (exact) mass is 294 g/mol. The maximum absolute atomic E-state index is 11.7. The lowest BCUT2D eigenvalue weighted by atomic mass is 10.2. The van der Waals surface area contributed by atoms with Gasteiger partial charge in [-0.2, -0.15) is 4.98 Å². The van der Waals surface area contributed by atoms with Gasteiger partial charge < -0.3 is 15.0 Å². The van der Waals surface area contributed by atoms with Gasteiger partial charge in [-0.25, -0.2) is 9.48 Å². The Labute approximate surface area is 121 Å². The average molecular weight is 294 g/mol. The molecule has 0 saturated carbocycles. The highest BCUT2D eigenvalue weighted by Gasteiger charge is 2.21. The highest BCUT2D eigenvalue weighted by atomic mass is 16.5. The van der Waals surface area contributed by atoms with E-state index < -0.39 is 5.97 Å². The van der Waals surface area contributed by atoms with Crippen molar-refractivity contribution in [1.82, 2.24) is 25.1 Å². The molecule has 0 amide bonds. The van der Waals surface area contributed by atoms with Crippen molar-refractivity contribution in [2.45, 2.75) is 39.8 Å². The van der Waals surface area contributed by atoms with Crippen LogP contribution in [0.3, 0.4) is 0 Å². The molecule has 2 aromatic heterocycles. The van der Waals surface area contributed by atoms with Crippen molar-refractivity contribution in [2.75, 3.05) is 6.61 Å². The van der Waals surface area contributed by atoms with Crippen LogP contribution in [0.1, 0.15) is 54.6 Å². The second kappa shape index (κ2) is 6.44. The predicted molar refractivity (Wildman–Crippen MR) is 71.4 cm³/mol. The number of carbonyl (C=O) groups is 1. The third-order valence-electron chi connectivity index (χ3n) is 2.77. The molecular weight excluding hydrogens is 276 g/mol. The van der Waals surface area contributed by atoms with Crippen molar-refractivity contribution in [3.63, 3.8) is 0 Å². The molecule has 0 unspecified atom stereocenters. The summed E-state index contributed by atoms with van der Waals surface area (Å²) in [6.45, 7) is 6.23. The van der Waals surface area contributed by atoms with Crippen LogP contribution in [-0.4, -0.2) is 37.7 Å². The first-order valence-electron chi connectivity index (χ1n) is 6.68. The lowest BCUT2D eigenvalue weighted by Gasteiger charge is -2.03. The summed E-state index contributed by atoms with van der Waals surface area (Å²) >= 11 is 0. The number of rotatable bonds is 6. The lowest BCUT2D eigenvalue weighted by Crippen LogP contribution is -2.15. The number of aromatic nitrogens is 5. The van der Waals surface area contributed by atoms with Crippen LogP contribution in [0.5, 0.6) is 0 Å². The first kappa shape index (κ1) is 15.1. The molecule has 2 heterocycles. The van der Waals surface area contributed by atoms with Gasteiger partial charge in [0.1, 0.15) is 6.54 Å². The van der Waals surface area contributed by atoms with E-state index in [1.807, 2.05) is 13.8 Å². The molecule has 0 aromatic carbocycles. The summed E-state index contributed by atoms with van der Waals surface area (Å²) in [5, 5.41) is 11.6. The van der Waals surface area contributed by atoms with Gasteiger partial charge in [-0.3, -0.25) is 0 Å². The minimum atomic E-state index is -0.541. The Hall–Kier alpha value is -2.29. The standard InChI is InChI=1S/C12H18N6O3/c1-4-20-12(19)10-8(5-13)18(17-15-10)6-9-14-11(7(2)3)21-16-9/h7H,4-6,13H2,1-3H3. The normalized spacial score (nSPS) is 11.1. The number of nitrogens with zero attached hydrogens (tertiary/aromatic N) is 5. The molecule has 2 N–H and O–H groups in total. The first-order valence-corrected chi connectivity index (χ1v) is 6.68. The van der Waals surface area contributed by atoms with Gasteiger partial charge in [-0.05, 0) is 6.92 Å². The molecule has 0 bridgehead atoms. The van der Waals surface area contributed by atoms with E-state index in [-0.39, 0.29) is 31.3 Å². The quantitative estimate of drug-likeness (QED) is 0.763. The lowest BCUT2D eigenvalue weighted by molar-refractivity contribution is 0.0518. The topological polar surface area (TPSA) is 122 Å². The zero-order valence-electron chi connectivity index (χ0n) is 12.2. The SMILES string of the molecule is CCOC(=O)c1nnn(Cc2noc(C(C)C)n2)c1CN. The van der Waals surface area contributed by atoms with Crippen LogP contribution < -0.4 is 5.73 Å². The van der Waals surface area contributed by atoms with Gasteiger partial charge in [-0.15, -0.1) is 5.10 Å². The third kappa shape index (κ3) is 3.24. The fourth-order valence-corrected chi connectivity index (χ4v) is 1.72. The molecule has 0 radical (unpaired) electrons. The smallest absolute Gasteiger partial charge is 0.360 e. The third-order valence-corrected chi connectivity index (χ3v) is 2.77. The molecule has 0 aliphatic heterocycles. The molecule has 0 atom stereocenters. The molecule has 9 heteroatoms. The molecule has 0 spiro atoms. The number of hydrogen-bond donors (Lipinski definition) is 1. The number of ether oxygens (including phenoxy) is 1. The van der Waals surface area contributed by atoms with Gasteiger partial charge >= 0.3 is 5.97 Å². The minimum Gasteiger partial charge on any atom is -0.461 e. The number of esters is 1. The van der Waals surface area contributed by atoms with E-state index in [4.69, 9.17) is 15.0 Å². The van der Waals surface area contributed by atoms with Crippen molar-refractivity contribution < 1.29 is 14.1 Å². The van der Waals surface area contributed by atoms with Gasteiger partial charge in [0.25, 0.3) is 0 Å². The average Bonchev–Trinajstić information content (AvgIpc) is 3.06. The zero-order chi connectivity index (χ0) is 15.4. The Morgan fingerprint density at radius 1 is 1.48 bits per heavy atom. The zero-order valence-corrected chi connectivity index (χ0v) is 12.2. The van der Waals surface area contributed by atoms with Crippen LogP contribution >= 0.6 is 0 Å². The number of hydrogen-bond acceptors (Lipinski definition) is 8. The second-order valence-corrected chi connectivity index (χ2v) is 4.67. The van der Waals surface area contributed by atoms with Crippen LogP contribution in [-0.2, 0) is 17.8 Å². The second-order valence-electron chi connectivity index (χ2n) is 4.67. The van der Waals surface area contributed by atoms with E-state index in [1.54, 1.807) is 6.92 Å².